The first-order chi connectivity index (χ1) is 6.08. The Balaban J connectivity index is 2.45. The molecule has 5 heteroatoms. The summed E-state index contributed by atoms with van der Waals surface area (Å²) in [6.07, 6.45) is 0.114. The van der Waals surface area contributed by atoms with E-state index in [0.717, 1.165) is 0 Å². The number of halogens is 1. The van der Waals surface area contributed by atoms with E-state index in [0.29, 0.717) is 10.2 Å². The van der Waals surface area contributed by atoms with Crippen molar-refractivity contribution in [2.75, 3.05) is 0 Å². The van der Waals surface area contributed by atoms with Crippen LogP contribution in [-0.4, -0.2) is 17.1 Å². The number of aromatic nitrogens is 1. The third-order valence-corrected chi connectivity index (χ3v) is 2.24. The van der Waals surface area contributed by atoms with E-state index in [1.54, 1.807) is 5.38 Å². The summed E-state index contributed by atoms with van der Waals surface area (Å²) >= 11 is 6.92. The molecule has 0 aliphatic rings. The van der Waals surface area contributed by atoms with Crippen LogP contribution in [0.2, 0.25) is 4.47 Å². The van der Waals surface area contributed by atoms with E-state index in [1.165, 1.54) is 11.3 Å². The van der Waals surface area contributed by atoms with Gasteiger partial charge in [-0.2, -0.15) is 0 Å². The molecule has 0 aliphatic heterocycles. The summed E-state index contributed by atoms with van der Waals surface area (Å²) in [5, 5.41) is 1.75. The maximum atomic E-state index is 11.1. The van der Waals surface area contributed by atoms with Gasteiger partial charge >= 0.3 is 5.97 Å². The molecule has 0 aliphatic carbocycles. The number of rotatable bonds is 3. The van der Waals surface area contributed by atoms with Crippen LogP contribution in [0, 0.1) is 0 Å². The standard InChI is InChI=1S/C8H10ClNO2S/c1-5(2)12-7(11)3-6-4-13-8(9)10-6/h4-5H,3H2,1-2H3. The van der Waals surface area contributed by atoms with E-state index in [4.69, 9.17) is 16.3 Å². The fraction of sp³-hybridized carbons (Fsp3) is 0.500. The quantitative estimate of drug-likeness (QED) is 0.733. The first-order valence-corrected chi connectivity index (χ1v) is 5.13. The zero-order valence-electron chi connectivity index (χ0n) is 7.41. The van der Waals surface area contributed by atoms with Crippen LogP contribution in [-0.2, 0) is 16.0 Å². The van der Waals surface area contributed by atoms with Crippen molar-refractivity contribution in [3.63, 3.8) is 0 Å². The van der Waals surface area contributed by atoms with Gasteiger partial charge in [0, 0.05) is 5.38 Å². The minimum Gasteiger partial charge on any atom is -0.463 e. The van der Waals surface area contributed by atoms with Crippen molar-refractivity contribution < 1.29 is 9.53 Å². The number of nitrogens with zero attached hydrogens (tertiary/aromatic N) is 1. The van der Waals surface area contributed by atoms with Gasteiger partial charge in [-0.25, -0.2) is 4.98 Å². The summed E-state index contributed by atoms with van der Waals surface area (Å²) in [5.74, 6) is -0.267. The van der Waals surface area contributed by atoms with Crippen LogP contribution in [0.1, 0.15) is 19.5 Å². The largest absolute Gasteiger partial charge is 0.463 e. The summed E-state index contributed by atoms with van der Waals surface area (Å²) in [6, 6.07) is 0. The fourth-order valence-corrected chi connectivity index (χ4v) is 1.60. The van der Waals surface area contributed by atoms with Crippen molar-refractivity contribution in [3.8, 4) is 0 Å². The van der Waals surface area contributed by atoms with Crippen LogP contribution in [0.25, 0.3) is 0 Å². The average Bonchev–Trinajstić information content (AvgIpc) is 2.33. The second-order valence-electron chi connectivity index (χ2n) is 2.81. The summed E-state index contributed by atoms with van der Waals surface area (Å²) in [4.78, 5) is 15.1. The molecule has 1 aromatic heterocycles. The molecule has 0 saturated heterocycles. The maximum absolute atomic E-state index is 11.1. The zero-order valence-corrected chi connectivity index (χ0v) is 8.98. The van der Waals surface area contributed by atoms with Gasteiger partial charge in [-0.3, -0.25) is 4.79 Å². The van der Waals surface area contributed by atoms with Crippen molar-refractivity contribution in [2.45, 2.75) is 26.4 Å². The van der Waals surface area contributed by atoms with Crippen LogP contribution in [0.5, 0.6) is 0 Å². The van der Waals surface area contributed by atoms with Crippen LogP contribution >= 0.6 is 22.9 Å². The molecular formula is C8H10ClNO2S. The Morgan fingerprint density at radius 1 is 1.77 bits per heavy atom. The van der Waals surface area contributed by atoms with Gasteiger partial charge in [0.2, 0.25) is 0 Å². The van der Waals surface area contributed by atoms with E-state index in [2.05, 4.69) is 4.98 Å². The van der Waals surface area contributed by atoms with Gasteiger partial charge < -0.3 is 4.74 Å². The molecule has 0 aromatic carbocycles. The Morgan fingerprint density at radius 2 is 2.46 bits per heavy atom. The molecule has 0 unspecified atom stereocenters. The third-order valence-electron chi connectivity index (χ3n) is 1.22. The lowest BCUT2D eigenvalue weighted by Gasteiger charge is -2.05. The SMILES string of the molecule is CC(C)OC(=O)Cc1csc(Cl)n1. The number of esters is 1. The summed E-state index contributed by atoms with van der Waals surface area (Å²) in [6.45, 7) is 3.62. The first kappa shape index (κ1) is 10.5. The topological polar surface area (TPSA) is 39.2 Å². The molecule has 0 saturated carbocycles. The highest BCUT2D eigenvalue weighted by molar-refractivity contribution is 7.13. The van der Waals surface area contributed by atoms with Crippen molar-refractivity contribution in [2.24, 2.45) is 0 Å². The van der Waals surface area contributed by atoms with E-state index >= 15 is 0 Å². The second-order valence-corrected chi connectivity index (χ2v) is 4.25. The van der Waals surface area contributed by atoms with E-state index < -0.39 is 0 Å². The molecule has 0 bridgehead atoms. The molecule has 13 heavy (non-hydrogen) atoms. The molecule has 0 amide bonds. The van der Waals surface area contributed by atoms with Gasteiger partial charge in [0.15, 0.2) is 4.47 Å². The summed E-state index contributed by atoms with van der Waals surface area (Å²) in [5.41, 5.74) is 0.667. The van der Waals surface area contributed by atoms with Crippen molar-refractivity contribution in [1.82, 2.24) is 4.98 Å². The van der Waals surface area contributed by atoms with Crippen LogP contribution in [0.3, 0.4) is 0 Å². The summed E-state index contributed by atoms with van der Waals surface area (Å²) < 4.78 is 5.40. The van der Waals surface area contributed by atoms with Crippen LogP contribution in [0.15, 0.2) is 5.38 Å². The maximum Gasteiger partial charge on any atom is 0.312 e. The van der Waals surface area contributed by atoms with Gasteiger partial charge in [-0.05, 0) is 13.8 Å². The van der Waals surface area contributed by atoms with Crippen molar-refractivity contribution >= 4 is 28.9 Å². The van der Waals surface area contributed by atoms with Crippen LogP contribution in [0.4, 0.5) is 0 Å². The molecule has 0 radical (unpaired) electrons. The number of thiazole rings is 1. The number of ether oxygens (including phenoxy) is 1. The predicted molar refractivity (Wildman–Crippen MR) is 52.1 cm³/mol. The number of carbonyl (C=O) groups is 1. The van der Waals surface area contributed by atoms with Gasteiger partial charge in [0.25, 0.3) is 0 Å². The van der Waals surface area contributed by atoms with E-state index in [1.807, 2.05) is 13.8 Å². The van der Waals surface area contributed by atoms with E-state index in [-0.39, 0.29) is 18.5 Å². The molecule has 0 fully saturated rings. The Hall–Kier alpha value is -0.610. The van der Waals surface area contributed by atoms with Gasteiger partial charge in [-0.1, -0.05) is 11.6 Å². The number of carbonyl (C=O) groups excluding carboxylic acids is 1. The molecular weight excluding hydrogens is 210 g/mol. The third kappa shape index (κ3) is 3.74. The molecule has 1 heterocycles. The Kier molecular flexibility index (Phi) is 3.69. The summed E-state index contributed by atoms with van der Waals surface area (Å²) in [7, 11) is 0. The lowest BCUT2D eigenvalue weighted by atomic mass is 10.3. The fourth-order valence-electron chi connectivity index (χ4n) is 0.816. The Labute approximate surface area is 85.7 Å². The predicted octanol–water partition coefficient (Wildman–Crippen LogP) is 2.29. The molecule has 72 valence electrons. The minimum absolute atomic E-state index is 0.0818. The normalized spacial score (nSPS) is 10.5. The molecule has 0 atom stereocenters. The highest BCUT2D eigenvalue weighted by Gasteiger charge is 2.09. The number of hydrogen-bond acceptors (Lipinski definition) is 4. The van der Waals surface area contributed by atoms with Crippen molar-refractivity contribution in [1.29, 1.82) is 0 Å². The van der Waals surface area contributed by atoms with Gasteiger partial charge in [0.05, 0.1) is 18.2 Å². The second kappa shape index (κ2) is 4.58. The lowest BCUT2D eigenvalue weighted by Crippen LogP contribution is -2.13. The van der Waals surface area contributed by atoms with Crippen LogP contribution < -0.4 is 0 Å². The average molecular weight is 220 g/mol. The lowest BCUT2D eigenvalue weighted by molar-refractivity contribution is -0.146. The molecule has 1 rings (SSSR count). The highest BCUT2D eigenvalue weighted by atomic mass is 35.5. The highest BCUT2D eigenvalue weighted by Crippen LogP contribution is 2.15. The number of hydrogen-bond donors (Lipinski definition) is 0. The van der Waals surface area contributed by atoms with Crippen molar-refractivity contribution in [3.05, 3.63) is 15.5 Å². The molecule has 0 spiro atoms. The van der Waals surface area contributed by atoms with Gasteiger partial charge in [0.1, 0.15) is 0 Å². The monoisotopic (exact) mass is 219 g/mol. The first-order valence-electron chi connectivity index (χ1n) is 3.87. The molecule has 1 aromatic rings. The van der Waals surface area contributed by atoms with Gasteiger partial charge in [-0.15, -0.1) is 11.3 Å². The molecule has 0 N–H and O–H groups in total. The molecule has 3 nitrogen and oxygen atoms in total. The smallest absolute Gasteiger partial charge is 0.312 e. The van der Waals surface area contributed by atoms with E-state index in [9.17, 15) is 4.79 Å². The zero-order chi connectivity index (χ0) is 9.84. The Morgan fingerprint density at radius 3 is 2.92 bits per heavy atom. The minimum atomic E-state index is -0.267. The Bertz CT molecular complexity index is 298.